The maximum absolute atomic E-state index is 3.27. The average Bonchev–Trinajstić information content (AvgIpc) is 2.11. The van der Waals surface area contributed by atoms with Gasteiger partial charge >= 0.3 is 0 Å². The third kappa shape index (κ3) is 8.55. The van der Waals surface area contributed by atoms with Crippen LogP contribution in [0.3, 0.4) is 0 Å². The molecule has 0 saturated carbocycles. The standard InChI is InChI=1S/C13H29N/c1-5-6-7-8-9-10-11-13(2,3)12-14-4/h14H,5-12H2,1-4H3. The van der Waals surface area contributed by atoms with Crippen LogP contribution < -0.4 is 5.32 Å². The Labute approximate surface area is 90.7 Å². The molecule has 0 aliphatic carbocycles. The fraction of sp³-hybridized carbons (Fsp3) is 1.00. The minimum Gasteiger partial charge on any atom is -0.319 e. The van der Waals surface area contributed by atoms with Crippen LogP contribution in [0.5, 0.6) is 0 Å². The topological polar surface area (TPSA) is 12.0 Å². The van der Waals surface area contributed by atoms with Crippen molar-refractivity contribution in [3.05, 3.63) is 0 Å². The van der Waals surface area contributed by atoms with Gasteiger partial charge in [0, 0.05) is 0 Å². The van der Waals surface area contributed by atoms with Crippen LogP contribution in [0.1, 0.15) is 65.7 Å². The first-order chi connectivity index (χ1) is 6.62. The third-order valence-corrected chi connectivity index (χ3v) is 2.86. The normalized spacial score (nSPS) is 12.0. The minimum atomic E-state index is 0.486. The summed E-state index contributed by atoms with van der Waals surface area (Å²) in [4.78, 5) is 0. The predicted octanol–water partition coefficient (Wildman–Crippen LogP) is 3.98. The lowest BCUT2D eigenvalue weighted by Crippen LogP contribution is -2.26. The molecule has 0 aromatic heterocycles. The number of hydrogen-bond acceptors (Lipinski definition) is 1. The summed E-state index contributed by atoms with van der Waals surface area (Å²) in [5.74, 6) is 0. The zero-order valence-corrected chi connectivity index (χ0v) is 10.7. The Balaban J connectivity index is 3.26. The highest BCUT2D eigenvalue weighted by Gasteiger charge is 2.15. The molecule has 0 heterocycles. The van der Waals surface area contributed by atoms with Gasteiger partial charge < -0.3 is 5.32 Å². The van der Waals surface area contributed by atoms with Crippen LogP contribution in [0.2, 0.25) is 0 Å². The van der Waals surface area contributed by atoms with Crippen LogP contribution in [0.15, 0.2) is 0 Å². The van der Waals surface area contributed by atoms with E-state index in [4.69, 9.17) is 0 Å². The lowest BCUT2D eigenvalue weighted by molar-refractivity contribution is 0.309. The first kappa shape index (κ1) is 14.0. The van der Waals surface area contributed by atoms with Crippen LogP contribution >= 0.6 is 0 Å². The molecule has 0 unspecified atom stereocenters. The van der Waals surface area contributed by atoms with Crippen LogP contribution in [0, 0.1) is 5.41 Å². The zero-order valence-electron chi connectivity index (χ0n) is 10.7. The van der Waals surface area contributed by atoms with Crippen LogP contribution in [-0.2, 0) is 0 Å². The van der Waals surface area contributed by atoms with E-state index in [1.165, 1.54) is 44.9 Å². The van der Waals surface area contributed by atoms with Crippen molar-refractivity contribution in [2.75, 3.05) is 13.6 Å². The molecule has 0 aliphatic rings. The fourth-order valence-electron chi connectivity index (χ4n) is 1.95. The largest absolute Gasteiger partial charge is 0.319 e. The van der Waals surface area contributed by atoms with Crippen molar-refractivity contribution >= 4 is 0 Å². The van der Waals surface area contributed by atoms with E-state index in [0.29, 0.717) is 5.41 Å². The summed E-state index contributed by atoms with van der Waals surface area (Å²) in [7, 11) is 2.04. The number of rotatable bonds is 9. The van der Waals surface area contributed by atoms with Gasteiger partial charge in [-0.1, -0.05) is 59.3 Å². The van der Waals surface area contributed by atoms with Crippen molar-refractivity contribution in [1.82, 2.24) is 5.32 Å². The van der Waals surface area contributed by atoms with Crippen LogP contribution in [0.25, 0.3) is 0 Å². The van der Waals surface area contributed by atoms with E-state index in [9.17, 15) is 0 Å². The van der Waals surface area contributed by atoms with E-state index in [1.807, 2.05) is 7.05 Å². The monoisotopic (exact) mass is 199 g/mol. The van der Waals surface area contributed by atoms with Crippen molar-refractivity contribution < 1.29 is 0 Å². The second kappa shape index (κ2) is 8.28. The summed E-state index contributed by atoms with van der Waals surface area (Å²) < 4.78 is 0. The summed E-state index contributed by atoms with van der Waals surface area (Å²) in [6.07, 6.45) is 9.82. The molecule has 1 N–H and O–H groups in total. The van der Waals surface area contributed by atoms with Gasteiger partial charge in [0.15, 0.2) is 0 Å². The van der Waals surface area contributed by atoms with Gasteiger partial charge in [-0.05, 0) is 25.4 Å². The highest BCUT2D eigenvalue weighted by atomic mass is 14.8. The SMILES string of the molecule is CCCCCCCCC(C)(C)CNC. The molecular weight excluding hydrogens is 170 g/mol. The maximum Gasteiger partial charge on any atom is -0.0000488 e. The summed E-state index contributed by atoms with van der Waals surface area (Å²) in [5, 5.41) is 3.27. The Kier molecular flexibility index (Phi) is 8.26. The van der Waals surface area contributed by atoms with Crippen LogP contribution in [0.4, 0.5) is 0 Å². The van der Waals surface area contributed by atoms with Crippen LogP contribution in [-0.4, -0.2) is 13.6 Å². The Bertz CT molecular complexity index is 118. The van der Waals surface area contributed by atoms with Crippen molar-refractivity contribution in [2.24, 2.45) is 5.41 Å². The summed E-state index contributed by atoms with van der Waals surface area (Å²) in [5.41, 5.74) is 0.486. The van der Waals surface area contributed by atoms with E-state index < -0.39 is 0 Å². The van der Waals surface area contributed by atoms with E-state index in [-0.39, 0.29) is 0 Å². The molecule has 86 valence electrons. The van der Waals surface area contributed by atoms with Gasteiger partial charge in [-0.15, -0.1) is 0 Å². The highest BCUT2D eigenvalue weighted by Crippen LogP contribution is 2.22. The quantitative estimate of drug-likeness (QED) is 0.554. The molecule has 0 aliphatic heterocycles. The van der Waals surface area contributed by atoms with Gasteiger partial charge in [0.25, 0.3) is 0 Å². The molecule has 0 atom stereocenters. The highest BCUT2D eigenvalue weighted by molar-refractivity contribution is 4.70. The Morgan fingerprint density at radius 2 is 1.50 bits per heavy atom. The number of nitrogens with one attached hydrogen (secondary N) is 1. The lowest BCUT2D eigenvalue weighted by atomic mass is 9.87. The van der Waals surface area contributed by atoms with E-state index in [0.717, 1.165) is 6.54 Å². The lowest BCUT2D eigenvalue weighted by Gasteiger charge is -2.23. The smallest absolute Gasteiger partial charge is 0.0000488 e. The molecule has 0 aromatic rings. The van der Waals surface area contributed by atoms with Crippen molar-refractivity contribution in [3.8, 4) is 0 Å². The molecule has 0 spiro atoms. The molecule has 0 bridgehead atoms. The fourth-order valence-corrected chi connectivity index (χ4v) is 1.95. The molecule has 0 rings (SSSR count). The molecule has 0 fully saturated rings. The molecule has 0 amide bonds. The molecule has 14 heavy (non-hydrogen) atoms. The Morgan fingerprint density at radius 3 is 2.07 bits per heavy atom. The van der Waals surface area contributed by atoms with Crippen molar-refractivity contribution in [2.45, 2.75) is 65.7 Å². The summed E-state index contributed by atoms with van der Waals surface area (Å²) >= 11 is 0. The molecule has 1 heteroatoms. The molecule has 0 radical (unpaired) electrons. The molecular formula is C13H29N. The second-order valence-electron chi connectivity index (χ2n) is 5.21. The zero-order chi connectivity index (χ0) is 10.9. The van der Waals surface area contributed by atoms with E-state index >= 15 is 0 Å². The number of unbranched alkanes of at least 4 members (excludes halogenated alkanes) is 5. The van der Waals surface area contributed by atoms with Gasteiger partial charge in [-0.3, -0.25) is 0 Å². The maximum atomic E-state index is 3.27. The van der Waals surface area contributed by atoms with Gasteiger partial charge in [0.1, 0.15) is 0 Å². The number of hydrogen-bond donors (Lipinski definition) is 1. The van der Waals surface area contributed by atoms with E-state index in [2.05, 4.69) is 26.1 Å². The summed E-state index contributed by atoms with van der Waals surface area (Å²) in [6, 6.07) is 0. The third-order valence-electron chi connectivity index (χ3n) is 2.86. The second-order valence-corrected chi connectivity index (χ2v) is 5.21. The summed E-state index contributed by atoms with van der Waals surface area (Å²) in [6.45, 7) is 8.13. The molecule has 1 nitrogen and oxygen atoms in total. The molecule has 0 saturated heterocycles. The Hall–Kier alpha value is -0.0400. The average molecular weight is 199 g/mol. The van der Waals surface area contributed by atoms with Gasteiger partial charge in [0.2, 0.25) is 0 Å². The van der Waals surface area contributed by atoms with Crippen molar-refractivity contribution in [1.29, 1.82) is 0 Å². The first-order valence-electron chi connectivity index (χ1n) is 6.27. The Morgan fingerprint density at radius 1 is 0.929 bits per heavy atom. The minimum absolute atomic E-state index is 0.486. The predicted molar refractivity (Wildman–Crippen MR) is 65.7 cm³/mol. The van der Waals surface area contributed by atoms with E-state index in [1.54, 1.807) is 0 Å². The van der Waals surface area contributed by atoms with Gasteiger partial charge in [0.05, 0.1) is 0 Å². The molecule has 0 aromatic carbocycles. The van der Waals surface area contributed by atoms with Gasteiger partial charge in [-0.25, -0.2) is 0 Å². The van der Waals surface area contributed by atoms with Crippen molar-refractivity contribution in [3.63, 3.8) is 0 Å². The van der Waals surface area contributed by atoms with Gasteiger partial charge in [-0.2, -0.15) is 0 Å². The first-order valence-corrected chi connectivity index (χ1v) is 6.27.